The van der Waals surface area contributed by atoms with Gasteiger partial charge in [0.1, 0.15) is 5.75 Å². The fourth-order valence-corrected chi connectivity index (χ4v) is 4.69. The molecule has 4 rings (SSSR count). The van der Waals surface area contributed by atoms with Crippen molar-refractivity contribution in [2.24, 2.45) is 5.92 Å². The predicted octanol–water partition coefficient (Wildman–Crippen LogP) is 4.50. The average molecular weight is 407 g/mol. The summed E-state index contributed by atoms with van der Waals surface area (Å²) in [4.78, 5) is 30.5. The Bertz CT molecular complexity index is 886. The maximum absolute atomic E-state index is 13.6. The van der Waals surface area contributed by atoms with Crippen LogP contribution in [0, 0.1) is 12.8 Å². The fourth-order valence-electron chi connectivity index (χ4n) is 4.69. The van der Waals surface area contributed by atoms with Crippen LogP contribution < -0.4 is 9.64 Å². The van der Waals surface area contributed by atoms with Gasteiger partial charge in [-0.05, 0) is 62.4 Å². The molecule has 2 aromatic carbocycles. The zero-order valence-corrected chi connectivity index (χ0v) is 17.8. The number of anilines is 1. The fraction of sp³-hybridized carbons (Fsp3) is 0.440. The highest BCUT2D eigenvalue weighted by atomic mass is 16.5. The third kappa shape index (κ3) is 4.07. The zero-order valence-electron chi connectivity index (χ0n) is 17.8. The maximum atomic E-state index is 13.6. The highest BCUT2D eigenvalue weighted by Crippen LogP contribution is 2.41. The molecule has 2 aliphatic heterocycles. The van der Waals surface area contributed by atoms with E-state index in [0.29, 0.717) is 12.8 Å². The molecule has 30 heavy (non-hydrogen) atoms. The molecule has 2 unspecified atom stereocenters. The second-order valence-corrected chi connectivity index (χ2v) is 8.35. The largest absolute Gasteiger partial charge is 0.497 e. The van der Waals surface area contributed by atoms with Crippen molar-refractivity contribution in [3.05, 3.63) is 59.7 Å². The van der Waals surface area contributed by atoms with Crippen LogP contribution in [0.25, 0.3) is 0 Å². The topological polar surface area (TPSA) is 49.9 Å². The first-order valence-corrected chi connectivity index (χ1v) is 10.9. The summed E-state index contributed by atoms with van der Waals surface area (Å²) >= 11 is 0. The summed E-state index contributed by atoms with van der Waals surface area (Å²) in [6, 6.07) is 15.5. The third-order valence-corrected chi connectivity index (χ3v) is 6.35. The van der Waals surface area contributed by atoms with Crippen LogP contribution in [0.4, 0.5) is 5.69 Å². The number of hydrogen-bond acceptors (Lipinski definition) is 3. The van der Waals surface area contributed by atoms with Gasteiger partial charge in [0.25, 0.3) is 0 Å². The lowest BCUT2D eigenvalue weighted by Gasteiger charge is -2.43. The second kappa shape index (κ2) is 8.90. The molecule has 5 heteroatoms. The summed E-state index contributed by atoms with van der Waals surface area (Å²) in [6.07, 6.45) is 4.29. The molecule has 2 amide bonds. The van der Waals surface area contributed by atoms with Gasteiger partial charge in [0.15, 0.2) is 0 Å². The molecule has 0 bridgehead atoms. The number of carbonyl (C=O) groups excluding carboxylic acids is 2. The lowest BCUT2D eigenvalue weighted by Crippen LogP contribution is -2.50. The molecule has 0 aliphatic carbocycles. The maximum Gasteiger partial charge on any atom is 0.228 e. The minimum Gasteiger partial charge on any atom is -0.497 e. The van der Waals surface area contributed by atoms with Crippen LogP contribution in [0.3, 0.4) is 0 Å². The van der Waals surface area contributed by atoms with Gasteiger partial charge in [-0.3, -0.25) is 9.59 Å². The molecule has 2 fully saturated rings. The van der Waals surface area contributed by atoms with E-state index in [1.54, 1.807) is 7.11 Å². The van der Waals surface area contributed by atoms with Crippen molar-refractivity contribution >= 4 is 17.5 Å². The Morgan fingerprint density at radius 1 is 0.967 bits per heavy atom. The van der Waals surface area contributed by atoms with Crippen molar-refractivity contribution in [1.29, 1.82) is 0 Å². The van der Waals surface area contributed by atoms with Crippen molar-refractivity contribution in [2.45, 2.75) is 45.1 Å². The van der Waals surface area contributed by atoms with Gasteiger partial charge in [-0.2, -0.15) is 0 Å². The van der Waals surface area contributed by atoms with Gasteiger partial charge in [0.05, 0.1) is 19.1 Å². The van der Waals surface area contributed by atoms with Crippen molar-refractivity contribution < 1.29 is 14.3 Å². The van der Waals surface area contributed by atoms with E-state index < -0.39 is 0 Å². The van der Waals surface area contributed by atoms with Gasteiger partial charge in [-0.25, -0.2) is 0 Å². The first-order chi connectivity index (χ1) is 14.6. The number of piperidine rings is 2. The van der Waals surface area contributed by atoms with Crippen LogP contribution in [-0.2, 0) is 9.59 Å². The molecule has 0 saturated carbocycles. The van der Waals surface area contributed by atoms with Gasteiger partial charge >= 0.3 is 0 Å². The summed E-state index contributed by atoms with van der Waals surface area (Å²) < 4.78 is 5.32. The number of nitrogens with zero attached hydrogens (tertiary/aromatic N) is 2. The van der Waals surface area contributed by atoms with Gasteiger partial charge in [0, 0.05) is 25.2 Å². The molecule has 5 nitrogen and oxygen atoms in total. The first kappa shape index (κ1) is 20.5. The van der Waals surface area contributed by atoms with E-state index in [1.165, 1.54) is 6.42 Å². The van der Waals surface area contributed by atoms with E-state index in [0.717, 1.165) is 48.5 Å². The highest BCUT2D eigenvalue weighted by molar-refractivity contribution is 5.97. The summed E-state index contributed by atoms with van der Waals surface area (Å²) in [5.41, 5.74) is 2.97. The van der Waals surface area contributed by atoms with Crippen LogP contribution in [0.2, 0.25) is 0 Å². The van der Waals surface area contributed by atoms with E-state index in [-0.39, 0.29) is 23.8 Å². The number of aryl methyl sites for hydroxylation is 1. The van der Waals surface area contributed by atoms with Gasteiger partial charge in [-0.15, -0.1) is 0 Å². The van der Waals surface area contributed by atoms with E-state index in [9.17, 15) is 9.59 Å². The van der Waals surface area contributed by atoms with E-state index in [1.807, 2.05) is 65.3 Å². The Hall–Kier alpha value is -2.82. The number of ether oxygens (including phenoxy) is 1. The van der Waals surface area contributed by atoms with Crippen molar-refractivity contribution in [2.75, 3.05) is 25.1 Å². The first-order valence-electron chi connectivity index (χ1n) is 10.9. The molecule has 2 saturated heterocycles. The molecule has 0 spiro atoms. The Kier molecular flexibility index (Phi) is 6.07. The lowest BCUT2D eigenvalue weighted by molar-refractivity contribution is -0.139. The monoisotopic (exact) mass is 406 g/mol. The molecule has 2 aromatic rings. The number of methoxy groups -OCH3 is 1. The zero-order chi connectivity index (χ0) is 21.1. The Morgan fingerprint density at radius 3 is 2.27 bits per heavy atom. The van der Waals surface area contributed by atoms with Crippen LogP contribution in [0.5, 0.6) is 5.75 Å². The normalized spacial score (nSPS) is 22.1. The van der Waals surface area contributed by atoms with Crippen LogP contribution in [0.1, 0.15) is 49.3 Å². The van der Waals surface area contributed by atoms with Crippen molar-refractivity contribution in [3.8, 4) is 5.75 Å². The number of benzene rings is 2. The van der Waals surface area contributed by atoms with Crippen molar-refractivity contribution in [3.63, 3.8) is 0 Å². The molecular formula is C25H30N2O3. The van der Waals surface area contributed by atoms with Crippen LogP contribution >= 0.6 is 0 Å². The third-order valence-electron chi connectivity index (χ3n) is 6.35. The highest BCUT2D eigenvalue weighted by Gasteiger charge is 2.43. The molecule has 0 radical (unpaired) electrons. The number of likely N-dealkylation sites (tertiary alicyclic amines) is 1. The van der Waals surface area contributed by atoms with Crippen LogP contribution in [0.15, 0.2) is 48.5 Å². The van der Waals surface area contributed by atoms with E-state index >= 15 is 0 Å². The molecule has 2 atom stereocenters. The molecule has 2 aliphatic rings. The summed E-state index contributed by atoms with van der Waals surface area (Å²) in [5.74, 6) is 0.777. The summed E-state index contributed by atoms with van der Waals surface area (Å²) in [6.45, 7) is 3.68. The Labute approximate surface area is 178 Å². The van der Waals surface area contributed by atoms with Crippen LogP contribution in [-0.4, -0.2) is 36.9 Å². The Balaban J connectivity index is 1.74. The standard InChI is InChI=1S/C25H30N2O3/c1-18-6-10-20(11-7-18)27-23(28)15-14-22(25(29)26-16-4-3-5-17-26)24(27)19-8-12-21(30-2)13-9-19/h6-13,22,24H,3-5,14-17H2,1-2H3. The van der Waals surface area contributed by atoms with Gasteiger partial charge < -0.3 is 14.5 Å². The molecule has 0 N–H and O–H groups in total. The Morgan fingerprint density at radius 2 is 1.63 bits per heavy atom. The quantitative estimate of drug-likeness (QED) is 0.751. The van der Waals surface area contributed by atoms with Gasteiger partial charge in [-0.1, -0.05) is 29.8 Å². The second-order valence-electron chi connectivity index (χ2n) is 8.35. The lowest BCUT2D eigenvalue weighted by atomic mass is 9.82. The van der Waals surface area contributed by atoms with Crippen molar-refractivity contribution in [1.82, 2.24) is 4.90 Å². The molecule has 0 aromatic heterocycles. The predicted molar refractivity (Wildman–Crippen MR) is 118 cm³/mol. The minimum atomic E-state index is -0.311. The summed E-state index contributed by atoms with van der Waals surface area (Å²) in [5, 5.41) is 0. The molecule has 158 valence electrons. The minimum absolute atomic E-state index is 0.0716. The number of rotatable bonds is 4. The number of carbonyl (C=O) groups is 2. The number of amides is 2. The summed E-state index contributed by atoms with van der Waals surface area (Å²) in [7, 11) is 1.64. The van der Waals surface area contributed by atoms with E-state index in [4.69, 9.17) is 4.74 Å². The molecular weight excluding hydrogens is 376 g/mol. The smallest absolute Gasteiger partial charge is 0.228 e. The average Bonchev–Trinajstić information content (AvgIpc) is 2.80. The number of hydrogen-bond donors (Lipinski definition) is 0. The molecule has 2 heterocycles. The van der Waals surface area contributed by atoms with Gasteiger partial charge in [0.2, 0.25) is 11.8 Å². The van der Waals surface area contributed by atoms with E-state index in [2.05, 4.69) is 0 Å². The SMILES string of the molecule is COc1ccc(C2C(C(=O)N3CCCCC3)CCC(=O)N2c2ccc(C)cc2)cc1.